The Morgan fingerprint density at radius 3 is 2.69 bits per heavy atom. The van der Waals surface area contributed by atoms with Gasteiger partial charge in [0.15, 0.2) is 0 Å². The quantitative estimate of drug-likeness (QED) is 0.580. The number of rotatable bonds is 3. The molecule has 0 radical (unpaired) electrons. The molecule has 8 heteroatoms. The van der Waals surface area contributed by atoms with Gasteiger partial charge in [0.2, 0.25) is 5.28 Å². The van der Waals surface area contributed by atoms with Crippen LogP contribution in [0.25, 0.3) is 22.2 Å². The molecule has 0 fully saturated rings. The Morgan fingerprint density at radius 2 is 2.00 bits per heavy atom. The summed E-state index contributed by atoms with van der Waals surface area (Å²) < 4.78 is 20.2. The number of hydrogen-bond acceptors (Lipinski definition) is 5. The summed E-state index contributed by atoms with van der Waals surface area (Å²) in [5.74, 6) is -0.488. The molecule has 1 amide bonds. The van der Waals surface area contributed by atoms with Crippen LogP contribution in [0.15, 0.2) is 30.6 Å². The zero-order valence-corrected chi connectivity index (χ0v) is 17.6. The zero-order chi connectivity index (χ0) is 21.3. The van der Waals surface area contributed by atoms with Crippen molar-refractivity contribution in [2.24, 2.45) is 0 Å². The highest BCUT2D eigenvalue weighted by atomic mass is 35.5. The Bertz CT molecular complexity index is 1080. The first kappa shape index (κ1) is 20.9. The van der Waals surface area contributed by atoms with Gasteiger partial charge in [-0.3, -0.25) is 4.98 Å². The van der Waals surface area contributed by atoms with Crippen LogP contribution in [0.4, 0.5) is 9.18 Å². The molecule has 6 nitrogen and oxygen atoms in total. The number of benzene rings is 1. The van der Waals surface area contributed by atoms with E-state index >= 15 is 0 Å². The molecule has 0 bridgehead atoms. The highest BCUT2D eigenvalue weighted by Crippen LogP contribution is 2.31. The Balaban J connectivity index is 2.06. The summed E-state index contributed by atoms with van der Waals surface area (Å²) in [5, 5.41) is 3.44. The number of pyridine rings is 1. The number of ether oxygens (including phenoxy) is 1. The van der Waals surface area contributed by atoms with Crippen molar-refractivity contribution in [3.8, 4) is 11.3 Å². The molecular formula is C21H22ClFN4O2. The molecule has 2 aromatic heterocycles. The van der Waals surface area contributed by atoms with Crippen LogP contribution in [0, 0.1) is 12.7 Å². The van der Waals surface area contributed by atoms with Crippen molar-refractivity contribution in [1.29, 1.82) is 0 Å². The zero-order valence-electron chi connectivity index (χ0n) is 16.9. The third-order valence-electron chi connectivity index (χ3n) is 4.25. The first-order valence-electron chi connectivity index (χ1n) is 9.12. The second kappa shape index (κ2) is 7.91. The fraction of sp³-hybridized carbons (Fsp3) is 0.333. The summed E-state index contributed by atoms with van der Waals surface area (Å²) in [7, 11) is 0. The monoisotopic (exact) mass is 416 g/mol. The summed E-state index contributed by atoms with van der Waals surface area (Å²) in [6.07, 6.45) is 2.55. The van der Waals surface area contributed by atoms with Crippen LogP contribution in [0.2, 0.25) is 5.28 Å². The minimum atomic E-state index is -0.618. The van der Waals surface area contributed by atoms with Crippen molar-refractivity contribution in [2.75, 3.05) is 0 Å². The number of fused-ring (bicyclic) bond motifs is 1. The van der Waals surface area contributed by atoms with Gasteiger partial charge in [0.1, 0.15) is 16.9 Å². The molecule has 0 aliphatic carbocycles. The molecule has 0 aliphatic rings. The molecule has 1 atom stereocenters. The van der Waals surface area contributed by atoms with Gasteiger partial charge in [0.25, 0.3) is 0 Å². The molecular weight excluding hydrogens is 395 g/mol. The number of amides is 1. The number of carbonyl (C=O) groups excluding carboxylic acids is 1. The molecule has 3 aromatic rings. The number of nitrogens with one attached hydrogen (secondary N) is 1. The van der Waals surface area contributed by atoms with Crippen LogP contribution >= 0.6 is 11.6 Å². The van der Waals surface area contributed by atoms with Gasteiger partial charge in [0, 0.05) is 23.3 Å². The molecule has 3 rings (SSSR count). The molecule has 0 aliphatic heterocycles. The van der Waals surface area contributed by atoms with Gasteiger partial charge in [-0.2, -0.15) is 0 Å². The van der Waals surface area contributed by atoms with Crippen LogP contribution in [0.3, 0.4) is 0 Å². The molecule has 0 spiro atoms. The summed E-state index contributed by atoms with van der Waals surface area (Å²) in [6.45, 7) is 8.99. The number of aryl methyl sites for hydroxylation is 1. The predicted octanol–water partition coefficient (Wildman–Crippen LogP) is 5.38. The highest BCUT2D eigenvalue weighted by molar-refractivity contribution is 6.28. The minimum Gasteiger partial charge on any atom is -0.444 e. The maximum Gasteiger partial charge on any atom is 0.408 e. The van der Waals surface area contributed by atoms with Gasteiger partial charge >= 0.3 is 6.09 Å². The van der Waals surface area contributed by atoms with E-state index in [0.717, 1.165) is 5.56 Å². The number of halogens is 2. The summed E-state index contributed by atoms with van der Waals surface area (Å²) in [5.41, 5.74) is 2.15. The molecule has 2 heterocycles. The molecule has 152 valence electrons. The van der Waals surface area contributed by atoms with Crippen LogP contribution < -0.4 is 5.32 Å². The highest BCUT2D eigenvalue weighted by Gasteiger charge is 2.20. The Kier molecular flexibility index (Phi) is 5.71. The van der Waals surface area contributed by atoms with Gasteiger partial charge in [0.05, 0.1) is 11.7 Å². The lowest BCUT2D eigenvalue weighted by atomic mass is 9.99. The first-order chi connectivity index (χ1) is 13.5. The van der Waals surface area contributed by atoms with Crippen molar-refractivity contribution in [2.45, 2.75) is 46.3 Å². The van der Waals surface area contributed by atoms with Crippen LogP contribution in [-0.4, -0.2) is 26.6 Å². The SMILES string of the molecule is Cc1cnc(Cl)nc1-c1cc(F)c2nccc(C(C)NC(=O)OC(C)(C)C)c2c1. The van der Waals surface area contributed by atoms with E-state index in [2.05, 4.69) is 20.3 Å². The van der Waals surface area contributed by atoms with Gasteiger partial charge in [-0.1, -0.05) is 0 Å². The van der Waals surface area contributed by atoms with Crippen LogP contribution in [0.5, 0.6) is 0 Å². The second-order valence-corrected chi connectivity index (χ2v) is 8.13. The molecule has 29 heavy (non-hydrogen) atoms. The first-order valence-corrected chi connectivity index (χ1v) is 9.50. The largest absolute Gasteiger partial charge is 0.444 e. The van der Waals surface area contributed by atoms with Gasteiger partial charge in [-0.05, 0) is 75.5 Å². The summed E-state index contributed by atoms with van der Waals surface area (Å²) in [4.78, 5) is 24.5. The lowest BCUT2D eigenvalue weighted by Gasteiger charge is -2.22. The smallest absolute Gasteiger partial charge is 0.408 e. The third-order valence-corrected chi connectivity index (χ3v) is 4.43. The standard InChI is InChI=1S/C21H22ClFN4O2/c1-11-10-25-19(22)27-17(11)13-8-15-14(6-7-24-18(15)16(23)9-13)12(2)26-20(28)29-21(3,4)5/h6-10,12H,1-5H3,(H,26,28). The maximum absolute atomic E-state index is 14.8. The van der Waals surface area contributed by atoms with Crippen molar-refractivity contribution >= 4 is 28.6 Å². The average molecular weight is 417 g/mol. The molecule has 1 N–H and O–H groups in total. The fourth-order valence-corrected chi connectivity index (χ4v) is 3.15. The number of alkyl carbamates (subject to hydrolysis) is 1. The Morgan fingerprint density at radius 1 is 1.28 bits per heavy atom. The lowest BCUT2D eigenvalue weighted by molar-refractivity contribution is 0.0508. The molecule has 1 unspecified atom stereocenters. The van der Waals surface area contributed by atoms with Crippen LogP contribution in [0.1, 0.15) is 44.9 Å². The van der Waals surface area contributed by atoms with E-state index in [1.807, 2.05) is 6.92 Å². The van der Waals surface area contributed by atoms with Gasteiger partial charge in [-0.15, -0.1) is 0 Å². The van der Waals surface area contributed by atoms with Crippen molar-refractivity contribution in [3.63, 3.8) is 0 Å². The summed E-state index contributed by atoms with van der Waals surface area (Å²) >= 11 is 5.93. The molecule has 1 aromatic carbocycles. The Labute approximate surface area is 173 Å². The van der Waals surface area contributed by atoms with Crippen molar-refractivity contribution < 1.29 is 13.9 Å². The van der Waals surface area contributed by atoms with Gasteiger partial charge < -0.3 is 10.1 Å². The second-order valence-electron chi connectivity index (χ2n) is 7.79. The molecule has 0 saturated carbocycles. The maximum atomic E-state index is 14.8. The summed E-state index contributed by atoms with van der Waals surface area (Å²) in [6, 6.07) is 4.48. The van der Waals surface area contributed by atoms with E-state index in [4.69, 9.17) is 16.3 Å². The van der Waals surface area contributed by atoms with Crippen molar-refractivity contribution in [1.82, 2.24) is 20.3 Å². The van der Waals surface area contributed by atoms with E-state index < -0.39 is 23.6 Å². The number of nitrogens with zero attached hydrogens (tertiary/aromatic N) is 3. The lowest BCUT2D eigenvalue weighted by Crippen LogP contribution is -2.34. The van der Waals surface area contributed by atoms with E-state index in [0.29, 0.717) is 22.2 Å². The third kappa shape index (κ3) is 4.79. The topological polar surface area (TPSA) is 77.0 Å². The number of hydrogen-bond donors (Lipinski definition) is 1. The van der Waals surface area contributed by atoms with Crippen LogP contribution in [-0.2, 0) is 4.74 Å². The normalized spacial score (nSPS) is 12.7. The molecule has 0 saturated heterocycles. The number of aromatic nitrogens is 3. The van der Waals surface area contributed by atoms with E-state index in [1.165, 1.54) is 12.3 Å². The Hall–Kier alpha value is -2.80. The van der Waals surface area contributed by atoms with E-state index in [1.54, 1.807) is 46.0 Å². The fourth-order valence-electron chi connectivity index (χ4n) is 3.02. The van der Waals surface area contributed by atoms with E-state index in [9.17, 15) is 9.18 Å². The minimum absolute atomic E-state index is 0.0810. The number of carbonyl (C=O) groups is 1. The van der Waals surface area contributed by atoms with Gasteiger partial charge in [-0.25, -0.2) is 19.2 Å². The van der Waals surface area contributed by atoms with Crippen molar-refractivity contribution in [3.05, 3.63) is 52.8 Å². The predicted molar refractivity (Wildman–Crippen MR) is 110 cm³/mol. The van der Waals surface area contributed by atoms with E-state index in [-0.39, 0.29) is 10.8 Å². The average Bonchev–Trinajstić information content (AvgIpc) is 2.61.